The van der Waals surface area contributed by atoms with Crippen LogP contribution in [0.2, 0.25) is 0 Å². The maximum atomic E-state index is 11.7. The Morgan fingerprint density at radius 1 is 1.17 bits per heavy atom. The van der Waals surface area contributed by atoms with E-state index >= 15 is 0 Å². The molecule has 126 valence electrons. The van der Waals surface area contributed by atoms with Gasteiger partial charge in [-0.15, -0.1) is 0 Å². The molecule has 4 rings (SSSR count). The highest BCUT2D eigenvalue weighted by Crippen LogP contribution is 2.40. The van der Waals surface area contributed by atoms with E-state index in [-0.39, 0.29) is 6.04 Å². The number of carboxylic acids is 1. The number of carbonyl (C=O) groups is 1. The number of fused-ring (bicyclic) bond motifs is 1. The minimum absolute atomic E-state index is 0.361. The predicted molar refractivity (Wildman–Crippen MR) is 90.9 cm³/mol. The first-order valence-corrected chi connectivity index (χ1v) is 8.81. The Balaban J connectivity index is 1.55. The monoisotopic (exact) mass is 325 g/mol. The first-order valence-electron chi connectivity index (χ1n) is 8.81. The minimum atomic E-state index is -0.688. The first-order chi connectivity index (χ1) is 11.7. The molecular weight excluding hydrogens is 302 g/mol. The molecule has 1 aliphatic carbocycles. The topological polar surface area (TPSA) is 58.4 Å². The molecule has 3 atom stereocenters. The molecule has 2 heterocycles. The highest BCUT2D eigenvalue weighted by molar-refractivity contribution is 5.74. The molecule has 5 nitrogen and oxygen atoms in total. The highest BCUT2D eigenvalue weighted by atomic mass is 16.4. The van der Waals surface area contributed by atoms with Crippen molar-refractivity contribution in [2.24, 2.45) is 5.92 Å². The molecule has 5 heteroatoms. The van der Waals surface area contributed by atoms with Crippen LogP contribution in [0.25, 0.3) is 5.69 Å². The van der Waals surface area contributed by atoms with E-state index in [4.69, 9.17) is 0 Å². The normalized spacial score (nSPS) is 27.1. The zero-order valence-corrected chi connectivity index (χ0v) is 13.7. The second-order valence-corrected chi connectivity index (χ2v) is 6.96. The van der Waals surface area contributed by atoms with E-state index in [9.17, 15) is 9.90 Å². The maximum Gasteiger partial charge on any atom is 0.320 e. The largest absolute Gasteiger partial charge is 0.480 e. The molecule has 1 aromatic heterocycles. The number of nitrogens with zero attached hydrogens (tertiary/aromatic N) is 3. The summed E-state index contributed by atoms with van der Waals surface area (Å²) in [4.78, 5) is 13.9. The van der Waals surface area contributed by atoms with Crippen LogP contribution in [0.3, 0.4) is 0 Å². The number of aromatic nitrogens is 2. The standard InChI is InChI=1S/C19H23N3O2/c23-19(24)18-12-14-6-4-5-9-17(14)21(18)13-15-10-11-22(20-15)16-7-2-1-3-8-16/h1-3,7-8,10-11,14,17-18H,4-6,9,12-13H2,(H,23,24)/t14-,17-,18-/m0/s1. The lowest BCUT2D eigenvalue weighted by atomic mass is 9.85. The molecule has 24 heavy (non-hydrogen) atoms. The molecule has 2 aromatic rings. The molecular formula is C19H23N3O2. The van der Waals surface area contributed by atoms with Crippen molar-refractivity contribution in [3.8, 4) is 5.69 Å². The summed E-state index contributed by atoms with van der Waals surface area (Å²) in [6.45, 7) is 0.623. The molecule has 0 unspecified atom stereocenters. The van der Waals surface area contributed by atoms with Crippen LogP contribution >= 0.6 is 0 Å². The molecule has 0 bridgehead atoms. The van der Waals surface area contributed by atoms with Crippen molar-refractivity contribution in [1.82, 2.24) is 14.7 Å². The average Bonchev–Trinajstić information content (AvgIpc) is 3.21. The second-order valence-electron chi connectivity index (χ2n) is 6.96. The molecule has 1 aromatic carbocycles. The smallest absolute Gasteiger partial charge is 0.320 e. The van der Waals surface area contributed by atoms with Gasteiger partial charge in [-0.05, 0) is 43.4 Å². The van der Waals surface area contributed by atoms with Crippen molar-refractivity contribution < 1.29 is 9.90 Å². The van der Waals surface area contributed by atoms with Crippen LogP contribution in [-0.2, 0) is 11.3 Å². The SMILES string of the molecule is O=C(O)[C@@H]1C[C@@H]2CCCC[C@@H]2N1Cc1ccn(-c2ccccc2)n1. The third-order valence-electron chi connectivity index (χ3n) is 5.52. The predicted octanol–water partition coefficient (Wildman–Crippen LogP) is 3.09. The van der Waals surface area contributed by atoms with E-state index in [1.54, 1.807) is 0 Å². The van der Waals surface area contributed by atoms with Crippen molar-refractivity contribution in [1.29, 1.82) is 0 Å². The van der Waals surface area contributed by atoms with Crippen LogP contribution in [0, 0.1) is 5.92 Å². The van der Waals surface area contributed by atoms with Gasteiger partial charge in [-0.3, -0.25) is 9.69 Å². The molecule has 0 amide bonds. The zero-order valence-electron chi connectivity index (χ0n) is 13.7. The van der Waals surface area contributed by atoms with Gasteiger partial charge in [-0.25, -0.2) is 4.68 Å². The van der Waals surface area contributed by atoms with E-state index in [1.807, 2.05) is 47.3 Å². The molecule has 1 saturated heterocycles. The lowest BCUT2D eigenvalue weighted by Gasteiger charge is -2.32. The Hall–Kier alpha value is -2.14. The fraction of sp³-hybridized carbons (Fsp3) is 0.474. The van der Waals surface area contributed by atoms with Crippen LogP contribution in [0.15, 0.2) is 42.6 Å². The fourth-order valence-corrected chi connectivity index (χ4v) is 4.38. The third kappa shape index (κ3) is 2.84. The second kappa shape index (κ2) is 6.40. The molecule has 1 N–H and O–H groups in total. The summed E-state index contributed by atoms with van der Waals surface area (Å²) in [6, 6.07) is 12.0. The number of hydrogen-bond acceptors (Lipinski definition) is 3. The van der Waals surface area contributed by atoms with Crippen molar-refractivity contribution >= 4 is 5.97 Å². The molecule has 2 fully saturated rings. The first kappa shape index (κ1) is 15.4. The van der Waals surface area contributed by atoms with Gasteiger partial charge in [0.25, 0.3) is 0 Å². The Kier molecular flexibility index (Phi) is 4.10. The summed E-state index contributed by atoms with van der Waals surface area (Å²) in [5.41, 5.74) is 1.96. The number of rotatable bonds is 4. The lowest BCUT2D eigenvalue weighted by molar-refractivity contribution is -0.142. The molecule has 1 aliphatic heterocycles. The van der Waals surface area contributed by atoms with E-state index in [0.717, 1.165) is 24.2 Å². The fourth-order valence-electron chi connectivity index (χ4n) is 4.38. The molecule has 0 spiro atoms. The minimum Gasteiger partial charge on any atom is -0.480 e. The van der Waals surface area contributed by atoms with Gasteiger partial charge in [0, 0.05) is 18.8 Å². The van der Waals surface area contributed by atoms with Gasteiger partial charge in [0.05, 0.1) is 11.4 Å². The summed E-state index contributed by atoms with van der Waals surface area (Å²) in [7, 11) is 0. The van der Waals surface area contributed by atoms with Crippen LogP contribution in [0.4, 0.5) is 0 Å². The summed E-state index contributed by atoms with van der Waals surface area (Å²) in [5.74, 6) is -0.150. The zero-order chi connectivity index (χ0) is 16.5. The summed E-state index contributed by atoms with van der Waals surface area (Å²) in [5, 5.41) is 14.3. The van der Waals surface area contributed by atoms with Gasteiger partial charge in [0.1, 0.15) is 6.04 Å². The lowest BCUT2D eigenvalue weighted by Crippen LogP contribution is -2.41. The van der Waals surface area contributed by atoms with E-state index < -0.39 is 5.97 Å². The number of likely N-dealkylation sites (tertiary alicyclic amines) is 1. The average molecular weight is 325 g/mol. The van der Waals surface area contributed by atoms with Gasteiger partial charge in [0.2, 0.25) is 0 Å². The van der Waals surface area contributed by atoms with Gasteiger partial charge < -0.3 is 5.11 Å². The van der Waals surface area contributed by atoms with Crippen molar-refractivity contribution in [2.45, 2.75) is 50.7 Å². The summed E-state index contributed by atoms with van der Waals surface area (Å²) >= 11 is 0. The van der Waals surface area contributed by atoms with Crippen molar-refractivity contribution in [3.63, 3.8) is 0 Å². The number of benzene rings is 1. The molecule has 1 saturated carbocycles. The number of hydrogen-bond donors (Lipinski definition) is 1. The Bertz CT molecular complexity index is 712. The van der Waals surface area contributed by atoms with Crippen LogP contribution in [0.1, 0.15) is 37.8 Å². The van der Waals surface area contributed by atoms with Crippen LogP contribution in [0.5, 0.6) is 0 Å². The quantitative estimate of drug-likeness (QED) is 0.938. The van der Waals surface area contributed by atoms with Gasteiger partial charge >= 0.3 is 5.97 Å². The third-order valence-corrected chi connectivity index (χ3v) is 5.52. The summed E-state index contributed by atoms with van der Waals surface area (Å²) < 4.78 is 1.86. The van der Waals surface area contributed by atoms with Crippen LogP contribution in [-0.4, -0.2) is 37.8 Å². The maximum absolute atomic E-state index is 11.7. The van der Waals surface area contributed by atoms with Gasteiger partial charge in [-0.2, -0.15) is 5.10 Å². The number of aliphatic carboxylic acids is 1. The van der Waals surface area contributed by atoms with Gasteiger partial charge in [-0.1, -0.05) is 31.0 Å². The van der Waals surface area contributed by atoms with Crippen molar-refractivity contribution in [2.75, 3.05) is 0 Å². The molecule has 0 radical (unpaired) electrons. The van der Waals surface area contributed by atoms with E-state index in [1.165, 1.54) is 19.3 Å². The molecule has 2 aliphatic rings. The van der Waals surface area contributed by atoms with Crippen LogP contribution < -0.4 is 0 Å². The Labute approximate surface area is 141 Å². The number of para-hydroxylation sites is 1. The summed E-state index contributed by atoms with van der Waals surface area (Å²) in [6.07, 6.45) is 7.48. The Morgan fingerprint density at radius 2 is 1.96 bits per heavy atom. The highest BCUT2D eigenvalue weighted by Gasteiger charge is 2.45. The van der Waals surface area contributed by atoms with E-state index in [2.05, 4.69) is 10.00 Å². The Morgan fingerprint density at radius 3 is 2.75 bits per heavy atom. The van der Waals surface area contributed by atoms with Crippen molar-refractivity contribution in [3.05, 3.63) is 48.3 Å². The van der Waals surface area contributed by atoms with Gasteiger partial charge in [0.15, 0.2) is 0 Å². The number of carboxylic acid groups (broad SMARTS) is 1. The van der Waals surface area contributed by atoms with E-state index in [0.29, 0.717) is 18.5 Å².